The highest BCUT2D eigenvalue weighted by molar-refractivity contribution is 5.91. The summed E-state index contributed by atoms with van der Waals surface area (Å²) >= 11 is 0. The molecule has 0 aromatic heterocycles. The summed E-state index contributed by atoms with van der Waals surface area (Å²) < 4.78 is 0. The summed E-state index contributed by atoms with van der Waals surface area (Å²) in [5, 5.41) is 18.6. The molecule has 0 saturated carbocycles. The molecule has 0 fully saturated rings. The van der Waals surface area contributed by atoms with Crippen molar-refractivity contribution in [2.45, 2.75) is 99.2 Å². The highest BCUT2D eigenvalue weighted by Gasteiger charge is 2.40. The third kappa shape index (κ3) is 10.9. The number of hydrogen-bond donors (Lipinski definition) is 4. The molecule has 0 aliphatic rings. The van der Waals surface area contributed by atoms with Crippen LogP contribution in [0.3, 0.4) is 0 Å². The Morgan fingerprint density at radius 1 is 1.05 bits per heavy atom. The molecule has 38 heavy (non-hydrogen) atoms. The summed E-state index contributed by atoms with van der Waals surface area (Å²) in [6.45, 7) is 19.7. The van der Waals surface area contributed by atoms with Gasteiger partial charge in [0.25, 0.3) is 0 Å². The lowest BCUT2D eigenvalue weighted by atomic mass is 9.76. The molecule has 4 N–H and O–H groups in total. The lowest BCUT2D eigenvalue weighted by Gasteiger charge is -2.38. The first-order valence-electron chi connectivity index (χ1n) is 13.4. The molecule has 8 nitrogen and oxygen atoms in total. The van der Waals surface area contributed by atoms with Gasteiger partial charge in [0.2, 0.25) is 11.8 Å². The molecule has 0 heterocycles. The highest BCUT2D eigenvalue weighted by atomic mass is 16.4. The van der Waals surface area contributed by atoms with Gasteiger partial charge in [0, 0.05) is 36.3 Å². The molecule has 2 amide bonds. The van der Waals surface area contributed by atoms with Crippen LogP contribution in [0.1, 0.15) is 81.2 Å². The lowest BCUT2D eigenvalue weighted by molar-refractivity contribution is -0.139. The molecular weight excluding hydrogens is 480 g/mol. The van der Waals surface area contributed by atoms with E-state index in [1.165, 1.54) is 24.3 Å². The normalized spacial score (nSPS) is 13.7. The van der Waals surface area contributed by atoms with Gasteiger partial charge in [0.1, 0.15) is 6.04 Å². The van der Waals surface area contributed by atoms with Crippen LogP contribution in [0.2, 0.25) is 0 Å². The molecule has 0 radical (unpaired) electrons. The highest BCUT2D eigenvalue weighted by Crippen LogP contribution is 2.30. The molecule has 8 heteroatoms. The van der Waals surface area contributed by atoms with E-state index in [9.17, 15) is 14.4 Å². The smallest absolute Gasteiger partial charge is 0.331 e. The van der Waals surface area contributed by atoms with Gasteiger partial charge in [-0.25, -0.2) is 4.79 Å². The lowest BCUT2D eigenvalue weighted by Crippen LogP contribution is -2.60. The van der Waals surface area contributed by atoms with Gasteiger partial charge in [0.05, 0.1) is 6.04 Å². The van der Waals surface area contributed by atoms with E-state index in [4.69, 9.17) is 5.11 Å². The van der Waals surface area contributed by atoms with Crippen LogP contribution in [-0.2, 0) is 19.8 Å². The van der Waals surface area contributed by atoms with E-state index in [0.717, 1.165) is 11.3 Å². The van der Waals surface area contributed by atoms with Crippen molar-refractivity contribution in [1.82, 2.24) is 15.5 Å². The minimum atomic E-state index is -1.03. The Labute approximate surface area is 230 Å². The summed E-state index contributed by atoms with van der Waals surface area (Å²) in [5.41, 5.74) is 0.993. The molecule has 0 spiro atoms. The second kappa shape index (κ2) is 15.5. The third-order valence-corrected chi connectivity index (χ3v) is 6.12. The SMILES string of the molecule is CCC.CNC(C(=O)NC(C(=O)N(C)C/C=C(\C)C(=O)O)C(C)(C)C)C(C)(C)c1cccc(NC(C)C)c1. The van der Waals surface area contributed by atoms with Crippen LogP contribution in [0, 0.1) is 5.41 Å². The van der Waals surface area contributed by atoms with Gasteiger partial charge in [-0.2, -0.15) is 0 Å². The van der Waals surface area contributed by atoms with Crippen molar-refractivity contribution >= 4 is 23.5 Å². The van der Waals surface area contributed by atoms with Gasteiger partial charge >= 0.3 is 5.97 Å². The van der Waals surface area contributed by atoms with Crippen molar-refractivity contribution in [3.05, 3.63) is 41.5 Å². The van der Waals surface area contributed by atoms with E-state index in [2.05, 4.69) is 49.7 Å². The molecule has 0 aliphatic carbocycles. The summed E-state index contributed by atoms with van der Waals surface area (Å²) in [7, 11) is 3.34. The molecule has 0 bridgehead atoms. The van der Waals surface area contributed by atoms with Crippen molar-refractivity contribution in [2.24, 2.45) is 5.41 Å². The van der Waals surface area contributed by atoms with E-state index in [1.807, 2.05) is 52.8 Å². The Balaban J connectivity index is 0.00000434. The summed E-state index contributed by atoms with van der Waals surface area (Å²) in [6.07, 6.45) is 2.74. The number of likely N-dealkylation sites (N-methyl/N-ethyl adjacent to an activating group) is 2. The quantitative estimate of drug-likeness (QED) is 0.305. The number of aliphatic carboxylic acids is 1. The fourth-order valence-electron chi connectivity index (χ4n) is 3.88. The zero-order chi connectivity index (χ0) is 29.8. The number of carboxylic acids is 1. The Morgan fingerprint density at radius 2 is 1.61 bits per heavy atom. The topological polar surface area (TPSA) is 111 Å². The van der Waals surface area contributed by atoms with Crippen molar-refractivity contribution < 1.29 is 19.5 Å². The first-order chi connectivity index (χ1) is 17.4. The maximum absolute atomic E-state index is 13.5. The Hall–Kier alpha value is -2.87. The number of nitrogens with zero attached hydrogens (tertiary/aromatic N) is 1. The summed E-state index contributed by atoms with van der Waals surface area (Å²) in [6, 6.07) is 6.90. The van der Waals surface area contributed by atoms with Gasteiger partial charge in [0.15, 0.2) is 0 Å². The predicted octanol–water partition coefficient (Wildman–Crippen LogP) is 4.81. The van der Waals surface area contributed by atoms with Gasteiger partial charge < -0.3 is 26.0 Å². The monoisotopic (exact) mass is 532 g/mol. The Kier molecular flexibility index (Phi) is 14.3. The predicted molar refractivity (Wildman–Crippen MR) is 157 cm³/mol. The van der Waals surface area contributed by atoms with Crippen LogP contribution in [0.4, 0.5) is 5.69 Å². The second-order valence-corrected chi connectivity index (χ2v) is 11.7. The molecule has 216 valence electrons. The first-order valence-corrected chi connectivity index (χ1v) is 13.4. The summed E-state index contributed by atoms with van der Waals surface area (Å²) in [5.74, 6) is -1.59. The van der Waals surface area contributed by atoms with E-state index >= 15 is 0 Å². The van der Waals surface area contributed by atoms with Crippen molar-refractivity contribution in [3.8, 4) is 0 Å². The van der Waals surface area contributed by atoms with E-state index in [-0.39, 0.29) is 30.0 Å². The zero-order valence-corrected chi connectivity index (χ0v) is 25.7. The van der Waals surface area contributed by atoms with Crippen LogP contribution in [0.15, 0.2) is 35.9 Å². The number of amides is 2. The number of carbonyl (C=O) groups is 3. The maximum atomic E-state index is 13.5. The van der Waals surface area contributed by atoms with Crippen LogP contribution >= 0.6 is 0 Å². The molecule has 2 unspecified atom stereocenters. The standard InChI is InChI=1S/C27H44N4O4.C3H8/c1-17(2)29-20-13-11-12-19(16-20)27(7,8)21(28-9)23(32)30-22(26(4,5)6)24(33)31(10)15-14-18(3)25(34)35;1-3-2/h11-14,16-17,21-22,28-29H,15H2,1-10H3,(H,30,32)(H,34,35);3H2,1-2H3/b18-14+;. The van der Waals surface area contributed by atoms with Crippen LogP contribution in [0.5, 0.6) is 0 Å². The van der Waals surface area contributed by atoms with Gasteiger partial charge in [-0.1, -0.05) is 73.1 Å². The number of hydrogen-bond acceptors (Lipinski definition) is 5. The maximum Gasteiger partial charge on any atom is 0.331 e. The zero-order valence-electron chi connectivity index (χ0n) is 25.7. The molecular formula is C30H52N4O4. The molecule has 0 saturated heterocycles. The fourth-order valence-corrected chi connectivity index (χ4v) is 3.88. The van der Waals surface area contributed by atoms with Crippen molar-refractivity contribution in [1.29, 1.82) is 0 Å². The average molecular weight is 533 g/mol. The van der Waals surface area contributed by atoms with E-state index in [0.29, 0.717) is 0 Å². The van der Waals surface area contributed by atoms with Crippen LogP contribution in [-0.4, -0.2) is 66.6 Å². The minimum Gasteiger partial charge on any atom is -0.478 e. The first kappa shape index (κ1) is 35.1. The van der Waals surface area contributed by atoms with Gasteiger partial charge in [-0.05, 0) is 50.9 Å². The molecule has 1 rings (SSSR count). The van der Waals surface area contributed by atoms with Gasteiger partial charge in [-0.15, -0.1) is 0 Å². The van der Waals surface area contributed by atoms with Crippen LogP contribution in [0.25, 0.3) is 0 Å². The molecule has 1 aromatic rings. The summed E-state index contributed by atoms with van der Waals surface area (Å²) in [4.78, 5) is 39.3. The Morgan fingerprint density at radius 3 is 2.05 bits per heavy atom. The molecule has 1 aromatic carbocycles. The number of carbonyl (C=O) groups excluding carboxylic acids is 2. The number of rotatable bonds is 11. The number of nitrogens with one attached hydrogen (secondary N) is 3. The molecule has 0 aliphatic heterocycles. The van der Waals surface area contributed by atoms with Crippen molar-refractivity contribution in [2.75, 3.05) is 26.0 Å². The largest absolute Gasteiger partial charge is 0.478 e. The second-order valence-electron chi connectivity index (χ2n) is 11.7. The van der Waals surface area contributed by atoms with Crippen molar-refractivity contribution in [3.63, 3.8) is 0 Å². The minimum absolute atomic E-state index is 0.135. The number of carboxylic acid groups (broad SMARTS) is 1. The van der Waals surface area contributed by atoms with Crippen LogP contribution < -0.4 is 16.0 Å². The average Bonchev–Trinajstić information content (AvgIpc) is 2.80. The fraction of sp³-hybridized carbons (Fsp3) is 0.633. The van der Waals surface area contributed by atoms with Gasteiger partial charge in [-0.3, -0.25) is 9.59 Å². The van der Waals surface area contributed by atoms with E-state index in [1.54, 1.807) is 14.1 Å². The number of anilines is 1. The molecule has 2 atom stereocenters. The van der Waals surface area contributed by atoms with E-state index < -0.39 is 28.9 Å². The third-order valence-electron chi connectivity index (χ3n) is 6.12. The Bertz CT molecular complexity index is 948. The number of benzene rings is 1.